The van der Waals surface area contributed by atoms with Crippen LogP contribution in [0.15, 0.2) is 96.9 Å². The number of hydrogen-bond donors (Lipinski definition) is 5. The van der Waals surface area contributed by atoms with Gasteiger partial charge in [-0.05, 0) is 65.4 Å². The first kappa shape index (κ1) is 59.8. The number of aliphatic hydroxyl groups is 1. The number of pyridine rings is 1. The SMILES string of the molecule is COc1cccc(F)c1-c1nccc(C(=O)Nc2ccc(-c3cnccc3C#N)cc2N2CCN(CC(=O)NCCOCCOCCC(=O)N[C@H](C(=O)N3C[C@H](O)C[C@H]3C(=O)NCc3ccc(-c4scnc4C)cc3)C(C)(C)C)CC2)n1. The summed E-state index contributed by atoms with van der Waals surface area (Å²) in [5.74, 6) is -2.40. The fraction of sp³-hybridized carbons (Fsp3) is 0.390. The van der Waals surface area contributed by atoms with Crippen LogP contribution in [0.25, 0.3) is 33.0 Å². The van der Waals surface area contributed by atoms with Crippen LogP contribution in [0.5, 0.6) is 5.75 Å². The number of anilines is 2. The van der Waals surface area contributed by atoms with Gasteiger partial charge in [0, 0.05) is 82.8 Å². The molecule has 3 atom stereocenters. The third kappa shape index (κ3) is 15.4. The first-order chi connectivity index (χ1) is 39.5. The molecule has 0 aliphatic carbocycles. The number of amides is 5. The third-order valence-electron chi connectivity index (χ3n) is 14.0. The largest absolute Gasteiger partial charge is 0.496 e. The van der Waals surface area contributed by atoms with Gasteiger partial charge in [0.15, 0.2) is 5.82 Å². The number of nitrogens with zero attached hydrogens (tertiary/aromatic N) is 8. The van der Waals surface area contributed by atoms with Crippen molar-refractivity contribution in [3.63, 3.8) is 0 Å². The highest BCUT2D eigenvalue weighted by molar-refractivity contribution is 7.13. The number of likely N-dealkylation sites (tertiary alicyclic amines) is 1. The Morgan fingerprint density at radius 3 is 2.38 bits per heavy atom. The number of thiazole rings is 1. The second kappa shape index (κ2) is 27.9. The Kier molecular flexibility index (Phi) is 20.4. The Hall–Kier alpha value is -8.27. The van der Waals surface area contributed by atoms with E-state index in [0.29, 0.717) is 54.2 Å². The van der Waals surface area contributed by atoms with Gasteiger partial charge in [-0.3, -0.25) is 33.9 Å². The number of ether oxygens (including phenoxy) is 3. The first-order valence-electron chi connectivity index (χ1n) is 26.9. The summed E-state index contributed by atoms with van der Waals surface area (Å²) in [6.45, 7) is 10.8. The fourth-order valence-corrected chi connectivity index (χ4v) is 10.5. The molecule has 0 spiro atoms. The molecule has 0 saturated carbocycles. The van der Waals surface area contributed by atoms with Gasteiger partial charge in [0.2, 0.25) is 23.6 Å². The number of aryl methyl sites for hydroxylation is 1. The lowest BCUT2D eigenvalue weighted by Gasteiger charge is -2.36. The summed E-state index contributed by atoms with van der Waals surface area (Å²) in [5, 5.41) is 32.1. The number of rotatable bonds is 23. The monoisotopic (exact) mass is 1140 g/mol. The molecule has 82 heavy (non-hydrogen) atoms. The zero-order valence-corrected chi connectivity index (χ0v) is 47.3. The summed E-state index contributed by atoms with van der Waals surface area (Å²) in [5.41, 5.74) is 6.87. The van der Waals surface area contributed by atoms with Crippen LogP contribution >= 0.6 is 11.3 Å². The van der Waals surface area contributed by atoms with Gasteiger partial charge >= 0.3 is 0 Å². The van der Waals surface area contributed by atoms with E-state index in [4.69, 9.17) is 14.2 Å². The number of piperazine rings is 1. The standard InChI is InChI=1S/C59H67FN12O9S/c1-37-53(82-36-66-37)39-11-9-38(10-12-39)32-65-57(77)48-30-42(73)34-72(48)58(78)54(59(2,3)4)69-50(74)17-25-80-27-28-81-26-20-63-51(75)35-70-21-23-71(24-22-70)47-29-40(43-33-62-18-15-41(43)31-61)13-14-45(47)68-56(76)46-16-19-64-55(67-46)52-44(60)7-6-8-49(52)79-5/h6-16,18-19,29,33,36,42,48,54,73H,17,20-28,30,32,34-35H2,1-5H3,(H,63,75)(H,65,77)(H,68,76)(H,69,74)/t42-,48+,54-/m1/s1. The van der Waals surface area contributed by atoms with Crippen molar-refractivity contribution < 1.29 is 47.7 Å². The Morgan fingerprint density at radius 1 is 0.902 bits per heavy atom. The Balaban J connectivity index is 0.746. The summed E-state index contributed by atoms with van der Waals surface area (Å²) in [4.78, 5) is 91.2. The van der Waals surface area contributed by atoms with Gasteiger partial charge in [-0.2, -0.15) is 5.26 Å². The van der Waals surface area contributed by atoms with Crippen LogP contribution in [0.2, 0.25) is 0 Å². The van der Waals surface area contributed by atoms with Gasteiger partial charge in [0.1, 0.15) is 29.3 Å². The molecule has 2 aliphatic rings. The first-order valence-corrected chi connectivity index (χ1v) is 27.8. The molecule has 0 bridgehead atoms. The van der Waals surface area contributed by atoms with Crippen molar-refractivity contribution in [3.8, 4) is 44.8 Å². The van der Waals surface area contributed by atoms with E-state index in [1.165, 1.54) is 36.4 Å². The van der Waals surface area contributed by atoms with E-state index in [-0.39, 0.29) is 100 Å². The van der Waals surface area contributed by atoms with E-state index in [2.05, 4.69) is 52.2 Å². The van der Waals surface area contributed by atoms with Crippen molar-refractivity contribution in [1.82, 2.24) is 45.7 Å². The number of methoxy groups -OCH3 is 1. The average Bonchev–Trinajstić information content (AvgIpc) is 4.25. The maximum Gasteiger partial charge on any atom is 0.274 e. The summed E-state index contributed by atoms with van der Waals surface area (Å²) < 4.78 is 31.6. The highest BCUT2D eigenvalue weighted by Gasteiger charge is 2.44. The number of hydrogen-bond acceptors (Lipinski definition) is 17. The number of β-amino-alcohol motifs (C(OH)–C–C–N with tert-alkyl or cyclic N) is 1. The quantitative estimate of drug-likeness (QED) is 0.0504. The number of benzene rings is 3. The van der Waals surface area contributed by atoms with E-state index >= 15 is 0 Å². The van der Waals surface area contributed by atoms with Crippen LogP contribution in [0.3, 0.4) is 0 Å². The number of carbonyl (C=O) groups excluding carboxylic acids is 5. The van der Waals surface area contributed by atoms with Gasteiger partial charge < -0.3 is 50.4 Å². The van der Waals surface area contributed by atoms with E-state index in [9.17, 15) is 38.7 Å². The van der Waals surface area contributed by atoms with Crippen LogP contribution in [-0.2, 0) is 35.2 Å². The Labute approximate surface area is 479 Å². The molecule has 2 aliphatic heterocycles. The second-order valence-corrected chi connectivity index (χ2v) is 21.7. The Bertz CT molecular complexity index is 3270. The number of carbonyl (C=O) groups is 5. The number of halogens is 1. The van der Waals surface area contributed by atoms with Crippen LogP contribution in [0, 0.1) is 29.5 Å². The third-order valence-corrected chi connectivity index (χ3v) is 15.0. The minimum Gasteiger partial charge on any atom is -0.496 e. The molecule has 5 N–H and O–H groups in total. The van der Waals surface area contributed by atoms with Crippen molar-refractivity contribution in [2.75, 3.05) is 89.6 Å². The summed E-state index contributed by atoms with van der Waals surface area (Å²) >= 11 is 1.56. The lowest BCUT2D eigenvalue weighted by Crippen LogP contribution is -2.57. The number of nitriles is 1. The normalized spacial score (nSPS) is 15.8. The average molecular weight is 1140 g/mol. The zero-order valence-electron chi connectivity index (χ0n) is 46.4. The van der Waals surface area contributed by atoms with Crippen LogP contribution < -0.4 is 30.9 Å². The van der Waals surface area contributed by atoms with E-state index in [1.54, 1.807) is 53.5 Å². The van der Waals surface area contributed by atoms with Crippen LogP contribution in [-0.4, -0.2) is 162 Å². The maximum absolute atomic E-state index is 14.9. The molecule has 23 heteroatoms. The van der Waals surface area contributed by atoms with Gasteiger partial charge in [-0.1, -0.05) is 57.2 Å². The predicted molar refractivity (Wildman–Crippen MR) is 306 cm³/mol. The number of aliphatic hydroxyl groups excluding tert-OH is 1. The molecule has 0 unspecified atom stereocenters. The van der Waals surface area contributed by atoms with Crippen molar-refractivity contribution in [2.24, 2.45) is 5.41 Å². The maximum atomic E-state index is 14.9. The lowest BCUT2D eigenvalue weighted by atomic mass is 9.85. The summed E-state index contributed by atoms with van der Waals surface area (Å²) in [7, 11) is 1.41. The minimum atomic E-state index is -0.975. The fourth-order valence-electron chi connectivity index (χ4n) is 9.64. The molecule has 6 aromatic rings. The molecule has 5 amide bonds. The second-order valence-electron chi connectivity index (χ2n) is 20.8. The topological polar surface area (TPSA) is 266 Å². The lowest BCUT2D eigenvalue weighted by molar-refractivity contribution is -0.144. The predicted octanol–water partition coefficient (Wildman–Crippen LogP) is 5.38. The summed E-state index contributed by atoms with van der Waals surface area (Å²) in [6.07, 6.45) is 3.69. The van der Waals surface area contributed by atoms with Gasteiger partial charge in [0.05, 0.1) is 90.8 Å². The van der Waals surface area contributed by atoms with Crippen LogP contribution in [0.1, 0.15) is 60.9 Å². The molecular formula is C59H67FN12O9S. The summed E-state index contributed by atoms with van der Waals surface area (Å²) in [6, 6.07) is 21.0. The molecule has 2 saturated heterocycles. The molecule has 5 heterocycles. The molecule has 3 aromatic heterocycles. The van der Waals surface area contributed by atoms with Crippen molar-refractivity contribution in [3.05, 3.63) is 125 Å². The molecule has 8 rings (SSSR count). The van der Waals surface area contributed by atoms with E-state index < -0.39 is 47.1 Å². The van der Waals surface area contributed by atoms with Crippen molar-refractivity contribution in [2.45, 2.75) is 65.3 Å². The number of aromatic nitrogens is 4. The van der Waals surface area contributed by atoms with E-state index in [1.807, 2.05) is 62.9 Å². The van der Waals surface area contributed by atoms with Gasteiger partial charge in [-0.25, -0.2) is 19.3 Å². The van der Waals surface area contributed by atoms with Crippen molar-refractivity contribution in [1.29, 1.82) is 5.26 Å². The van der Waals surface area contributed by atoms with Crippen molar-refractivity contribution >= 4 is 52.2 Å². The molecular weight excluding hydrogens is 1070 g/mol. The van der Waals surface area contributed by atoms with Crippen LogP contribution in [0.4, 0.5) is 15.8 Å². The smallest absolute Gasteiger partial charge is 0.274 e. The minimum absolute atomic E-state index is 0.00330. The molecule has 2 fully saturated rings. The van der Waals surface area contributed by atoms with E-state index in [0.717, 1.165) is 21.7 Å². The molecule has 430 valence electrons. The molecule has 21 nitrogen and oxygen atoms in total. The molecule has 0 radical (unpaired) electrons. The highest BCUT2D eigenvalue weighted by Crippen LogP contribution is 2.35. The van der Waals surface area contributed by atoms with Gasteiger partial charge in [0.25, 0.3) is 5.91 Å². The molecule has 3 aromatic carbocycles. The number of nitrogens with one attached hydrogen (secondary N) is 4. The van der Waals surface area contributed by atoms with Gasteiger partial charge in [-0.15, -0.1) is 11.3 Å². The zero-order chi connectivity index (χ0) is 58.3. The Morgan fingerprint density at radius 2 is 1.66 bits per heavy atom. The highest BCUT2D eigenvalue weighted by atomic mass is 32.1.